The van der Waals surface area contributed by atoms with Gasteiger partial charge in [-0.3, -0.25) is 4.99 Å². The number of hydrogen-bond donors (Lipinski definition) is 1. The van der Waals surface area contributed by atoms with Gasteiger partial charge in [-0.1, -0.05) is 17.7 Å². The van der Waals surface area contributed by atoms with E-state index in [1.165, 1.54) is 6.08 Å². The summed E-state index contributed by atoms with van der Waals surface area (Å²) < 4.78 is 12.7. The molecule has 1 unspecified atom stereocenters. The van der Waals surface area contributed by atoms with Gasteiger partial charge in [0, 0.05) is 5.02 Å². The molecule has 2 aromatic rings. The molecule has 1 aliphatic heterocycles. The lowest BCUT2D eigenvalue weighted by atomic mass is 10.1. The van der Waals surface area contributed by atoms with Crippen LogP contribution in [0.5, 0.6) is 0 Å². The van der Waals surface area contributed by atoms with Gasteiger partial charge >= 0.3 is 0 Å². The Morgan fingerprint density at radius 1 is 1.41 bits per heavy atom. The lowest BCUT2D eigenvalue weighted by Gasteiger charge is -2.09. The van der Waals surface area contributed by atoms with Crippen molar-refractivity contribution in [1.82, 2.24) is 9.97 Å². The number of nitrogens with one attached hydrogen (secondary N) is 1. The van der Waals surface area contributed by atoms with Crippen LogP contribution in [0.3, 0.4) is 0 Å². The van der Waals surface area contributed by atoms with Crippen molar-refractivity contribution in [3.05, 3.63) is 41.2 Å². The Hall–Kier alpha value is -1.68. The Labute approximate surface area is 102 Å². The summed E-state index contributed by atoms with van der Waals surface area (Å²) in [7, 11) is 0. The average Bonchev–Trinajstić information content (AvgIpc) is 2.72. The normalized spacial score (nSPS) is 19.6. The summed E-state index contributed by atoms with van der Waals surface area (Å²) in [4.78, 5) is 11.4. The van der Waals surface area contributed by atoms with Crippen molar-refractivity contribution in [3.63, 3.8) is 0 Å². The Balaban J connectivity index is 1.99. The summed E-state index contributed by atoms with van der Waals surface area (Å²) in [5, 5.41) is 0.663. The minimum atomic E-state index is -0.430. The fraction of sp³-hybridized carbons (Fsp3) is 0.167. The van der Waals surface area contributed by atoms with Gasteiger partial charge in [-0.15, -0.1) is 0 Å². The van der Waals surface area contributed by atoms with Crippen molar-refractivity contribution in [2.24, 2.45) is 4.99 Å². The number of imidazole rings is 1. The second-order valence-corrected chi connectivity index (χ2v) is 4.35. The van der Waals surface area contributed by atoms with E-state index in [0.717, 1.165) is 16.9 Å². The maximum Gasteiger partial charge on any atom is 0.208 e. The van der Waals surface area contributed by atoms with Crippen LogP contribution in [0, 0.1) is 0 Å². The number of halogens is 2. The number of H-pyrrole nitrogens is 1. The largest absolute Gasteiger partial charge is 0.341 e. The molecule has 1 N–H and O–H groups in total. The topological polar surface area (TPSA) is 41.0 Å². The van der Waals surface area contributed by atoms with Gasteiger partial charge in [-0.05, 0) is 24.3 Å². The van der Waals surface area contributed by atoms with E-state index in [1.807, 2.05) is 12.1 Å². The van der Waals surface area contributed by atoms with E-state index in [4.69, 9.17) is 11.6 Å². The molecule has 5 heteroatoms. The molecule has 0 fully saturated rings. The molecule has 0 saturated carbocycles. The molecule has 0 bridgehead atoms. The molecule has 3 nitrogen and oxygen atoms in total. The first-order valence-corrected chi connectivity index (χ1v) is 5.63. The number of aliphatic imine (C=N–C) groups is 1. The summed E-state index contributed by atoms with van der Waals surface area (Å²) in [5.41, 5.74) is 1.74. The van der Waals surface area contributed by atoms with Crippen LogP contribution in [0.25, 0.3) is 11.0 Å². The summed E-state index contributed by atoms with van der Waals surface area (Å²) in [6.07, 6.45) is 3.13. The molecular weight excluding hydrogens is 241 g/mol. The Kier molecular flexibility index (Phi) is 2.44. The van der Waals surface area contributed by atoms with Crippen LogP contribution in [0.4, 0.5) is 4.39 Å². The van der Waals surface area contributed by atoms with E-state index in [0.29, 0.717) is 11.6 Å². The van der Waals surface area contributed by atoms with E-state index in [-0.39, 0.29) is 5.92 Å². The fourth-order valence-electron chi connectivity index (χ4n) is 1.85. The Bertz CT molecular complexity index is 630. The third-order valence-electron chi connectivity index (χ3n) is 2.72. The highest BCUT2D eigenvalue weighted by Crippen LogP contribution is 2.23. The summed E-state index contributed by atoms with van der Waals surface area (Å²) in [5.74, 6) is 0.357. The third-order valence-corrected chi connectivity index (χ3v) is 2.95. The fourth-order valence-corrected chi connectivity index (χ4v) is 2.02. The molecule has 1 aliphatic rings. The van der Waals surface area contributed by atoms with Gasteiger partial charge in [-0.2, -0.15) is 4.39 Å². The molecular formula is C12H9ClFN3. The molecule has 0 saturated heterocycles. The second-order valence-electron chi connectivity index (χ2n) is 3.91. The van der Waals surface area contributed by atoms with Gasteiger partial charge < -0.3 is 4.98 Å². The summed E-state index contributed by atoms with van der Waals surface area (Å²) in [6, 6.07) is 5.47. The van der Waals surface area contributed by atoms with Crippen LogP contribution in [-0.4, -0.2) is 22.5 Å². The summed E-state index contributed by atoms with van der Waals surface area (Å²) in [6.45, 7) is 0.385. The molecule has 1 aromatic carbocycles. The zero-order valence-corrected chi connectivity index (χ0v) is 9.58. The number of allylic oxidation sites excluding steroid dienone is 1. The van der Waals surface area contributed by atoms with Crippen LogP contribution in [0.15, 0.2) is 35.3 Å². The summed E-state index contributed by atoms with van der Waals surface area (Å²) >= 11 is 5.90. The zero-order chi connectivity index (χ0) is 11.8. The number of aromatic nitrogens is 2. The zero-order valence-electron chi connectivity index (χ0n) is 8.82. The lowest BCUT2D eigenvalue weighted by Crippen LogP contribution is -2.07. The highest BCUT2D eigenvalue weighted by atomic mass is 35.5. The molecule has 1 aromatic heterocycles. The van der Waals surface area contributed by atoms with Crippen molar-refractivity contribution in [3.8, 4) is 0 Å². The number of aromatic amines is 1. The van der Waals surface area contributed by atoms with Gasteiger partial charge in [0.15, 0.2) is 0 Å². The standard InChI is InChI=1S/C12H9ClFN3/c13-8-2-3-9-10(5-8)17-12(16-9)7-1-4-11(14)15-6-7/h1-5,7H,6H2,(H,16,17). The predicted octanol–water partition coefficient (Wildman–Crippen LogP) is 3.24. The first-order chi connectivity index (χ1) is 8.22. The number of hydrogen-bond acceptors (Lipinski definition) is 2. The molecule has 0 radical (unpaired) electrons. The number of rotatable bonds is 1. The monoisotopic (exact) mass is 249 g/mol. The highest BCUT2D eigenvalue weighted by Gasteiger charge is 2.16. The lowest BCUT2D eigenvalue weighted by molar-refractivity contribution is 0.736. The van der Waals surface area contributed by atoms with Crippen LogP contribution < -0.4 is 0 Å². The van der Waals surface area contributed by atoms with Crippen LogP contribution in [0.1, 0.15) is 11.7 Å². The van der Waals surface area contributed by atoms with Crippen molar-refractivity contribution < 1.29 is 4.39 Å². The van der Waals surface area contributed by atoms with Crippen molar-refractivity contribution in [2.45, 2.75) is 5.92 Å². The molecule has 1 atom stereocenters. The quantitative estimate of drug-likeness (QED) is 0.828. The van der Waals surface area contributed by atoms with Gasteiger partial charge in [0.05, 0.1) is 23.5 Å². The second kappa shape index (κ2) is 3.96. The minimum absolute atomic E-state index is 0.000625. The first kappa shape index (κ1) is 10.5. The average molecular weight is 250 g/mol. The van der Waals surface area contributed by atoms with Gasteiger partial charge in [-0.25, -0.2) is 4.98 Å². The smallest absolute Gasteiger partial charge is 0.208 e. The number of dihydropyridines is 1. The molecule has 2 heterocycles. The molecule has 3 rings (SSSR count). The highest BCUT2D eigenvalue weighted by molar-refractivity contribution is 6.31. The van der Waals surface area contributed by atoms with Crippen molar-refractivity contribution >= 4 is 28.6 Å². The Morgan fingerprint density at radius 3 is 3.06 bits per heavy atom. The van der Waals surface area contributed by atoms with Gasteiger partial charge in [0.25, 0.3) is 0 Å². The van der Waals surface area contributed by atoms with E-state index >= 15 is 0 Å². The minimum Gasteiger partial charge on any atom is -0.341 e. The molecule has 0 aliphatic carbocycles. The molecule has 0 spiro atoms. The Morgan fingerprint density at radius 2 is 2.29 bits per heavy atom. The van der Waals surface area contributed by atoms with E-state index in [1.54, 1.807) is 12.1 Å². The maximum absolute atomic E-state index is 12.7. The van der Waals surface area contributed by atoms with E-state index in [2.05, 4.69) is 15.0 Å². The molecule has 17 heavy (non-hydrogen) atoms. The number of fused-ring (bicyclic) bond motifs is 1. The number of nitrogens with zero attached hydrogens (tertiary/aromatic N) is 2. The molecule has 86 valence electrons. The van der Waals surface area contributed by atoms with Gasteiger partial charge in [0.2, 0.25) is 5.97 Å². The first-order valence-electron chi connectivity index (χ1n) is 5.26. The van der Waals surface area contributed by atoms with Crippen molar-refractivity contribution in [1.29, 1.82) is 0 Å². The van der Waals surface area contributed by atoms with Gasteiger partial charge in [0.1, 0.15) is 5.82 Å². The van der Waals surface area contributed by atoms with E-state index in [9.17, 15) is 4.39 Å². The van der Waals surface area contributed by atoms with Crippen LogP contribution in [0.2, 0.25) is 5.02 Å². The van der Waals surface area contributed by atoms with Crippen LogP contribution in [-0.2, 0) is 0 Å². The molecule has 0 amide bonds. The maximum atomic E-state index is 12.7. The SMILES string of the molecule is FC1=NCC(c2nc3ccc(Cl)cc3[nH]2)C=C1. The number of benzene rings is 1. The van der Waals surface area contributed by atoms with Crippen LogP contribution >= 0.6 is 11.6 Å². The van der Waals surface area contributed by atoms with E-state index < -0.39 is 5.97 Å². The predicted molar refractivity (Wildman–Crippen MR) is 66.4 cm³/mol. The third kappa shape index (κ3) is 1.96. The van der Waals surface area contributed by atoms with Crippen molar-refractivity contribution in [2.75, 3.05) is 6.54 Å².